The summed E-state index contributed by atoms with van der Waals surface area (Å²) in [5, 5.41) is 19.1. The van der Waals surface area contributed by atoms with Crippen LogP contribution < -0.4 is 20.7 Å². The van der Waals surface area contributed by atoms with Gasteiger partial charge in [-0.1, -0.05) is 25.7 Å². The van der Waals surface area contributed by atoms with E-state index in [2.05, 4.69) is 46.6 Å². The van der Waals surface area contributed by atoms with Crippen LogP contribution in [0.25, 0.3) is 10.9 Å². The lowest BCUT2D eigenvalue weighted by Gasteiger charge is -2.26. The second kappa shape index (κ2) is 9.38. The molecule has 0 bridgehead atoms. The first-order chi connectivity index (χ1) is 16.5. The molecule has 35 heavy (non-hydrogen) atoms. The number of nitrogens with zero attached hydrogens (tertiary/aromatic N) is 1. The van der Waals surface area contributed by atoms with Gasteiger partial charge in [-0.15, -0.1) is 0 Å². The van der Waals surface area contributed by atoms with Crippen LogP contribution in [-0.4, -0.2) is 55.5 Å². The van der Waals surface area contributed by atoms with E-state index >= 15 is 0 Å². The molecule has 1 saturated heterocycles. The minimum absolute atomic E-state index is 0.0433. The van der Waals surface area contributed by atoms with Crippen LogP contribution in [0, 0.1) is 17.2 Å². The minimum atomic E-state index is -1.77. The van der Waals surface area contributed by atoms with Crippen LogP contribution in [0.2, 0.25) is 25.7 Å². The molecule has 1 saturated carbocycles. The van der Waals surface area contributed by atoms with Crippen molar-refractivity contribution in [3.63, 3.8) is 0 Å². The van der Waals surface area contributed by atoms with Gasteiger partial charge in [-0.3, -0.25) is 14.4 Å². The zero-order valence-corrected chi connectivity index (χ0v) is 21.7. The maximum atomic E-state index is 13.2. The molecule has 3 atom stereocenters. The summed E-state index contributed by atoms with van der Waals surface area (Å²) < 4.78 is 5.37. The SMILES string of the molecule is COc1cccc2[nH]c(C(=O)NC(C[Si](C)(C)C)C(=O)NC(C#N)CC3CC4(CC4)NC3=O)cc12. The van der Waals surface area contributed by atoms with E-state index in [1.807, 2.05) is 18.2 Å². The molecule has 4 N–H and O–H groups in total. The number of carbonyl (C=O) groups is 3. The van der Waals surface area contributed by atoms with Gasteiger partial charge in [-0.2, -0.15) is 5.26 Å². The summed E-state index contributed by atoms with van der Waals surface area (Å²) in [7, 11) is -0.198. The fourth-order valence-corrected chi connectivity index (χ4v) is 6.35. The van der Waals surface area contributed by atoms with Gasteiger partial charge in [0.25, 0.3) is 5.91 Å². The molecule has 186 valence electrons. The van der Waals surface area contributed by atoms with Crippen molar-refractivity contribution in [1.29, 1.82) is 5.26 Å². The lowest BCUT2D eigenvalue weighted by molar-refractivity contribution is -0.125. The van der Waals surface area contributed by atoms with Crippen molar-refractivity contribution >= 4 is 36.7 Å². The van der Waals surface area contributed by atoms with Crippen LogP contribution in [-0.2, 0) is 9.59 Å². The van der Waals surface area contributed by atoms with E-state index in [0.29, 0.717) is 23.9 Å². The second-order valence-electron chi connectivity index (χ2n) is 11.0. The molecular formula is C25H33N5O4Si. The number of amides is 3. The number of methoxy groups -OCH3 is 1. The molecule has 1 aliphatic heterocycles. The van der Waals surface area contributed by atoms with Crippen LogP contribution in [0.3, 0.4) is 0 Å². The third-order valence-corrected chi connectivity index (χ3v) is 8.40. The average molecular weight is 496 g/mol. The Bertz CT molecular complexity index is 1190. The topological polar surface area (TPSA) is 136 Å². The van der Waals surface area contributed by atoms with E-state index < -0.39 is 32.0 Å². The van der Waals surface area contributed by atoms with Crippen LogP contribution >= 0.6 is 0 Å². The summed E-state index contributed by atoms with van der Waals surface area (Å²) >= 11 is 0. The lowest BCUT2D eigenvalue weighted by Crippen LogP contribution is -2.52. The van der Waals surface area contributed by atoms with Crippen LogP contribution in [0.5, 0.6) is 5.75 Å². The predicted octanol–water partition coefficient (Wildman–Crippen LogP) is 2.68. The van der Waals surface area contributed by atoms with Crippen LogP contribution in [0.4, 0.5) is 0 Å². The smallest absolute Gasteiger partial charge is 0.268 e. The number of nitriles is 1. The largest absolute Gasteiger partial charge is 0.496 e. The number of aromatic amines is 1. The Labute approximate surface area is 206 Å². The Balaban J connectivity index is 1.46. The number of hydrogen-bond acceptors (Lipinski definition) is 5. The molecule has 3 amide bonds. The molecule has 2 aliphatic rings. The van der Waals surface area contributed by atoms with Gasteiger partial charge in [0, 0.05) is 30.4 Å². The maximum absolute atomic E-state index is 13.2. The Kier molecular flexibility index (Phi) is 6.64. The molecule has 1 aliphatic carbocycles. The number of aromatic nitrogens is 1. The molecule has 10 heteroatoms. The normalized spacial score (nSPS) is 20.1. The summed E-state index contributed by atoms with van der Waals surface area (Å²) in [6.07, 6.45) is 2.93. The molecule has 1 aromatic carbocycles. The standard InChI is InChI=1S/C25H33N5O4Si/c1-34-21-7-5-6-18-17(21)11-19(28-18)23(32)29-20(14-35(2,3)4)24(33)27-16(13-26)10-15-12-25(8-9-25)30-22(15)31/h5-7,11,15-16,20,28H,8-10,12,14H2,1-4H3,(H,27,33)(H,29,32)(H,30,31). The highest BCUT2D eigenvalue weighted by Crippen LogP contribution is 2.46. The number of fused-ring (bicyclic) bond motifs is 1. The molecule has 3 unspecified atom stereocenters. The van der Waals surface area contributed by atoms with Gasteiger partial charge in [-0.05, 0) is 49.9 Å². The number of H-pyrrole nitrogens is 1. The summed E-state index contributed by atoms with van der Waals surface area (Å²) in [5.74, 6) is -0.483. The van der Waals surface area contributed by atoms with Crippen LogP contribution in [0.15, 0.2) is 24.3 Å². The van der Waals surface area contributed by atoms with Gasteiger partial charge >= 0.3 is 0 Å². The monoisotopic (exact) mass is 495 g/mol. The van der Waals surface area contributed by atoms with Crippen molar-refractivity contribution < 1.29 is 19.1 Å². The van der Waals surface area contributed by atoms with Crippen molar-refractivity contribution in [2.24, 2.45) is 5.92 Å². The van der Waals surface area contributed by atoms with Crippen molar-refractivity contribution in [2.75, 3.05) is 7.11 Å². The van der Waals surface area contributed by atoms with E-state index in [9.17, 15) is 19.6 Å². The number of ether oxygens (including phenoxy) is 1. The highest BCUT2D eigenvalue weighted by Gasteiger charge is 2.52. The van der Waals surface area contributed by atoms with Gasteiger partial charge in [0.2, 0.25) is 11.8 Å². The van der Waals surface area contributed by atoms with Gasteiger partial charge in [0.1, 0.15) is 23.5 Å². The fraction of sp³-hybridized carbons (Fsp3) is 0.520. The molecular weight excluding hydrogens is 462 g/mol. The van der Waals surface area contributed by atoms with E-state index in [0.717, 1.165) is 23.7 Å². The van der Waals surface area contributed by atoms with Crippen molar-refractivity contribution in [3.05, 3.63) is 30.0 Å². The molecule has 4 rings (SSSR count). The third-order valence-electron chi connectivity index (χ3n) is 6.77. The molecule has 2 fully saturated rings. The first-order valence-corrected chi connectivity index (χ1v) is 15.7. The Morgan fingerprint density at radius 1 is 1.29 bits per heavy atom. The molecule has 1 aromatic heterocycles. The highest BCUT2D eigenvalue weighted by molar-refractivity contribution is 6.76. The highest BCUT2D eigenvalue weighted by atomic mass is 28.3. The first-order valence-electron chi connectivity index (χ1n) is 12.0. The number of rotatable bonds is 9. The summed E-state index contributed by atoms with van der Waals surface area (Å²) in [4.78, 5) is 41.7. The quantitative estimate of drug-likeness (QED) is 0.397. The molecule has 9 nitrogen and oxygen atoms in total. The summed E-state index contributed by atoms with van der Waals surface area (Å²) in [6, 6.07) is 8.26. The average Bonchev–Trinajstić information content (AvgIpc) is 3.26. The lowest BCUT2D eigenvalue weighted by atomic mass is 9.96. The molecule has 2 aromatic rings. The summed E-state index contributed by atoms with van der Waals surface area (Å²) in [6.45, 7) is 6.35. The van der Waals surface area contributed by atoms with E-state index in [-0.39, 0.29) is 23.8 Å². The Morgan fingerprint density at radius 2 is 2.03 bits per heavy atom. The van der Waals surface area contributed by atoms with Crippen molar-refractivity contribution in [2.45, 2.75) is 69.0 Å². The Morgan fingerprint density at radius 3 is 2.63 bits per heavy atom. The molecule has 0 radical (unpaired) electrons. The number of hydrogen-bond donors (Lipinski definition) is 4. The zero-order valence-electron chi connectivity index (χ0n) is 20.7. The van der Waals surface area contributed by atoms with Crippen LogP contribution in [0.1, 0.15) is 36.2 Å². The minimum Gasteiger partial charge on any atom is -0.496 e. The second-order valence-corrected chi connectivity index (χ2v) is 16.5. The molecule has 2 heterocycles. The van der Waals surface area contributed by atoms with Gasteiger partial charge < -0.3 is 25.7 Å². The number of carbonyl (C=O) groups excluding carboxylic acids is 3. The molecule has 1 spiro atoms. The third kappa shape index (κ3) is 5.67. The van der Waals surface area contributed by atoms with Crippen molar-refractivity contribution in [1.82, 2.24) is 20.9 Å². The van der Waals surface area contributed by atoms with E-state index in [1.54, 1.807) is 13.2 Å². The Hall–Kier alpha value is -3.32. The number of benzene rings is 1. The first kappa shape index (κ1) is 24.8. The fourth-order valence-electron chi connectivity index (χ4n) is 4.84. The van der Waals surface area contributed by atoms with Gasteiger partial charge in [-0.25, -0.2) is 0 Å². The van der Waals surface area contributed by atoms with Gasteiger partial charge in [0.05, 0.1) is 13.2 Å². The van der Waals surface area contributed by atoms with E-state index in [1.165, 1.54) is 0 Å². The van der Waals surface area contributed by atoms with Gasteiger partial charge in [0.15, 0.2) is 0 Å². The van der Waals surface area contributed by atoms with E-state index in [4.69, 9.17) is 4.74 Å². The maximum Gasteiger partial charge on any atom is 0.268 e. The number of nitrogens with one attached hydrogen (secondary N) is 4. The van der Waals surface area contributed by atoms with Crippen molar-refractivity contribution in [3.8, 4) is 11.8 Å². The zero-order chi connectivity index (χ0) is 25.4. The predicted molar refractivity (Wildman–Crippen MR) is 135 cm³/mol. The summed E-state index contributed by atoms with van der Waals surface area (Å²) in [5.41, 5.74) is 1.00.